The summed E-state index contributed by atoms with van der Waals surface area (Å²) in [5.41, 5.74) is 0.289. The maximum atomic E-state index is 11.1. The molecule has 0 atom stereocenters. The summed E-state index contributed by atoms with van der Waals surface area (Å²) in [6.45, 7) is 2.37. The molecule has 6 nitrogen and oxygen atoms in total. The van der Waals surface area contributed by atoms with Gasteiger partial charge >= 0.3 is 5.97 Å². The van der Waals surface area contributed by atoms with Crippen molar-refractivity contribution in [1.29, 1.82) is 0 Å². The van der Waals surface area contributed by atoms with E-state index in [1.54, 1.807) is 0 Å². The average Bonchev–Trinajstić information content (AvgIpc) is 2.25. The second-order valence-electron chi connectivity index (χ2n) is 3.44. The normalized spacial score (nSPS) is 9.76. The summed E-state index contributed by atoms with van der Waals surface area (Å²) in [4.78, 5) is 31.9. The average molecular weight is 237 g/mol. The van der Waals surface area contributed by atoms with Crippen molar-refractivity contribution in [2.45, 2.75) is 20.5 Å². The highest BCUT2D eigenvalue weighted by Crippen LogP contribution is 2.21. The van der Waals surface area contributed by atoms with Crippen LogP contribution in [-0.4, -0.2) is 16.7 Å². The molecule has 0 radical (unpaired) electrons. The Morgan fingerprint density at radius 1 is 1.35 bits per heavy atom. The van der Waals surface area contributed by atoms with Gasteiger partial charge in [-0.05, 0) is 13.0 Å². The van der Waals surface area contributed by atoms with E-state index in [1.165, 1.54) is 32.0 Å². The molecule has 1 aromatic carbocycles. The SMILES string of the molecule is CC(=O)OCc1ccc(C(C)=O)cc1[N+](=O)[O-]. The molecule has 0 aromatic heterocycles. The van der Waals surface area contributed by atoms with Gasteiger partial charge in [0.05, 0.1) is 10.5 Å². The van der Waals surface area contributed by atoms with Gasteiger partial charge in [0.15, 0.2) is 5.78 Å². The molecule has 0 bridgehead atoms. The molecule has 0 aliphatic carbocycles. The van der Waals surface area contributed by atoms with Gasteiger partial charge in [-0.25, -0.2) is 0 Å². The van der Waals surface area contributed by atoms with Gasteiger partial charge in [0, 0.05) is 18.6 Å². The zero-order valence-corrected chi connectivity index (χ0v) is 9.43. The standard InChI is InChI=1S/C11H11NO5/c1-7(13)9-3-4-10(6-17-8(2)14)11(5-9)12(15)16/h3-5H,6H2,1-2H3. The van der Waals surface area contributed by atoms with Crippen LogP contribution in [0.5, 0.6) is 0 Å². The first-order valence-corrected chi connectivity index (χ1v) is 4.83. The highest BCUT2D eigenvalue weighted by atomic mass is 16.6. The number of esters is 1. The minimum Gasteiger partial charge on any atom is -0.461 e. The van der Waals surface area contributed by atoms with Crippen LogP contribution in [0.25, 0.3) is 0 Å². The molecule has 0 aliphatic rings. The van der Waals surface area contributed by atoms with E-state index in [2.05, 4.69) is 0 Å². The smallest absolute Gasteiger partial charge is 0.302 e. The van der Waals surface area contributed by atoms with Crippen LogP contribution in [0.4, 0.5) is 5.69 Å². The molecular weight excluding hydrogens is 226 g/mol. The predicted molar refractivity (Wildman–Crippen MR) is 58.6 cm³/mol. The van der Waals surface area contributed by atoms with E-state index < -0.39 is 10.9 Å². The molecule has 90 valence electrons. The third-order valence-corrected chi connectivity index (χ3v) is 2.12. The lowest BCUT2D eigenvalue weighted by atomic mass is 10.1. The number of hydrogen-bond acceptors (Lipinski definition) is 5. The number of benzene rings is 1. The lowest BCUT2D eigenvalue weighted by Crippen LogP contribution is -2.04. The molecule has 0 unspecified atom stereocenters. The molecule has 6 heteroatoms. The highest BCUT2D eigenvalue weighted by Gasteiger charge is 2.16. The van der Waals surface area contributed by atoms with Crippen molar-refractivity contribution in [1.82, 2.24) is 0 Å². The molecule has 0 spiro atoms. The Balaban J connectivity index is 3.08. The highest BCUT2D eigenvalue weighted by molar-refractivity contribution is 5.94. The molecule has 0 fully saturated rings. The molecule has 0 saturated heterocycles. The molecule has 0 saturated carbocycles. The lowest BCUT2D eigenvalue weighted by molar-refractivity contribution is -0.385. The van der Waals surface area contributed by atoms with Crippen LogP contribution >= 0.6 is 0 Å². The molecule has 0 aliphatic heterocycles. The second-order valence-corrected chi connectivity index (χ2v) is 3.44. The Hall–Kier alpha value is -2.24. The van der Waals surface area contributed by atoms with Crippen molar-refractivity contribution in [3.63, 3.8) is 0 Å². The lowest BCUT2D eigenvalue weighted by Gasteiger charge is -2.04. The number of rotatable bonds is 4. The van der Waals surface area contributed by atoms with Crippen LogP contribution in [0.2, 0.25) is 0 Å². The van der Waals surface area contributed by atoms with Gasteiger partial charge in [0.25, 0.3) is 5.69 Å². The van der Waals surface area contributed by atoms with Crippen molar-refractivity contribution in [3.05, 3.63) is 39.4 Å². The Morgan fingerprint density at radius 2 is 2.00 bits per heavy atom. The van der Waals surface area contributed by atoms with Crippen molar-refractivity contribution in [2.24, 2.45) is 0 Å². The van der Waals surface area contributed by atoms with Gasteiger partial charge in [0.2, 0.25) is 0 Å². The van der Waals surface area contributed by atoms with Crippen molar-refractivity contribution in [2.75, 3.05) is 0 Å². The summed E-state index contributed by atoms with van der Waals surface area (Å²) in [7, 11) is 0. The van der Waals surface area contributed by atoms with Crippen LogP contribution in [-0.2, 0) is 16.1 Å². The zero-order chi connectivity index (χ0) is 13.0. The summed E-state index contributed by atoms with van der Waals surface area (Å²) in [5, 5.41) is 10.8. The maximum absolute atomic E-state index is 11.1. The molecule has 17 heavy (non-hydrogen) atoms. The van der Waals surface area contributed by atoms with Crippen LogP contribution in [0.3, 0.4) is 0 Å². The molecular formula is C11H11NO5. The maximum Gasteiger partial charge on any atom is 0.302 e. The van der Waals surface area contributed by atoms with Crippen molar-refractivity contribution < 1.29 is 19.2 Å². The third kappa shape index (κ3) is 3.37. The fraction of sp³-hybridized carbons (Fsp3) is 0.273. The van der Waals surface area contributed by atoms with E-state index >= 15 is 0 Å². The largest absolute Gasteiger partial charge is 0.461 e. The topological polar surface area (TPSA) is 86.5 Å². The van der Waals surface area contributed by atoms with E-state index in [4.69, 9.17) is 4.74 Å². The number of hydrogen-bond donors (Lipinski definition) is 0. The summed E-state index contributed by atoms with van der Waals surface area (Å²) < 4.78 is 4.69. The summed E-state index contributed by atoms with van der Waals surface area (Å²) in [6, 6.07) is 4.06. The van der Waals surface area contributed by atoms with Gasteiger partial charge in [0.1, 0.15) is 6.61 Å². The summed E-state index contributed by atoms with van der Waals surface area (Å²) >= 11 is 0. The zero-order valence-electron chi connectivity index (χ0n) is 9.43. The summed E-state index contributed by atoms with van der Waals surface area (Å²) in [5.74, 6) is -0.776. The number of carbonyl (C=O) groups excluding carboxylic acids is 2. The predicted octanol–water partition coefficient (Wildman–Crippen LogP) is 1.86. The first kappa shape index (κ1) is 12.8. The molecule has 1 aromatic rings. The first-order valence-electron chi connectivity index (χ1n) is 4.83. The van der Waals surface area contributed by atoms with Crippen LogP contribution in [0.1, 0.15) is 29.8 Å². The Labute approximate surface area is 97.3 Å². The number of nitro benzene ring substituents is 1. The van der Waals surface area contributed by atoms with Gasteiger partial charge in [-0.2, -0.15) is 0 Å². The molecule has 0 amide bonds. The van der Waals surface area contributed by atoms with Crippen LogP contribution < -0.4 is 0 Å². The number of Topliss-reactive ketones (excluding diaryl/α,β-unsaturated/α-hetero) is 1. The fourth-order valence-corrected chi connectivity index (χ4v) is 1.25. The second kappa shape index (κ2) is 5.20. The fourth-order valence-electron chi connectivity index (χ4n) is 1.25. The van der Waals surface area contributed by atoms with E-state index in [0.29, 0.717) is 0 Å². The van der Waals surface area contributed by atoms with Crippen molar-refractivity contribution in [3.8, 4) is 0 Å². The van der Waals surface area contributed by atoms with Gasteiger partial charge in [-0.15, -0.1) is 0 Å². The minimum absolute atomic E-state index is 0.177. The first-order chi connectivity index (χ1) is 7.91. The Bertz CT molecular complexity index is 481. The van der Waals surface area contributed by atoms with Gasteiger partial charge < -0.3 is 4.74 Å². The molecule has 1 rings (SSSR count). The number of ketones is 1. The third-order valence-electron chi connectivity index (χ3n) is 2.12. The van der Waals surface area contributed by atoms with Crippen LogP contribution in [0.15, 0.2) is 18.2 Å². The number of nitro groups is 1. The quantitative estimate of drug-likeness (QED) is 0.345. The van der Waals surface area contributed by atoms with Gasteiger partial charge in [-0.3, -0.25) is 19.7 Å². The van der Waals surface area contributed by atoms with Crippen LogP contribution in [0, 0.1) is 10.1 Å². The number of nitrogens with zero attached hydrogens (tertiary/aromatic N) is 1. The van der Waals surface area contributed by atoms with Crippen molar-refractivity contribution >= 4 is 17.4 Å². The Morgan fingerprint density at radius 3 is 2.47 bits per heavy atom. The molecule has 0 N–H and O–H groups in total. The van der Waals surface area contributed by atoms with E-state index in [9.17, 15) is 19.7 Å². The van der Waals surface area contributed by atoms with E-state index in [-0.39, 0.29) is 29.2 Å². The van der Waals surface area contributed by atoms with Gasteiger partial charge in [-0.1, -0.05) is 6.07 Å². The monoisotopic (exact) mass is 237 g/mol. The Kier molecular flexibility index (Phi) is 3.92. The van der Waals surface area contributed by atoms with E-state index in [1.807, 2.05) is 0 Å². The number of carbonyl (C=O) groups is 2. The molecule has 0 heterocycles. The van der Waals surface area contributed by atoms with E-state index in [0.717, 1.165) is 0 Å². The minimum atomic E-state index is -0.606. The summed E-state index contributed by atoms with van der Waals surface area (Å²) in [6.07, 6.45) is 0. The number of ether oxygens (including phenoxy) is 1.